The molecule has 0 fully saturated rings. The summed E-state index contributed by atoms with van der Waals surface area (Å²) in [6, 6.07) is 0. The molecule has 0 aromatic carbocycles. The number of ether oxygens (including phenoxy) is 5. The van der Waals surface area contributed by atoms with Gasteiger partial charge in [-0.05, 0) is 6.42 Å². The molecule has 0 aliphatic rings. The third-order valence-electron chi connectivity index (χ3n) is 5.53. The number of hydrogen-bond donors (Lipinski definition) is 0. The Hall–Kier alpha value is -1.46. The van der Waals surface area contributed by atoms with Crippen molar-refractivity contribution in [3.63, 3.8) is 0 Å². The summed E-state index contributed by atoms with van der Waals surface area (Å²) in [7, 11) is 0. The van der Waals surface area contributed by atoms with Crippen molar-refractivity contribution in [3.8, 4) is 0 Å². The Balaban J connectivity index is 0. The van der Waals surface area contributed by atoms with Gasteiger partial charge in [0.2, 0.25) is 0 Å². The summed E-state index contributed by atoms with van der Waals surface area (Å²) in [4.78, 5) is 0. The number of unbranched alkanes of at least 4 members (excludes halogenated alkanes) is 15. The lowest BCUT2D eigenvalue weighted by molar-refractivity contribution is 0.0186. The van der Waals surface area contributed by atoms with E-state index in [1.807, 2.05) is 0 Å². The van der Waals surface area contributed by atoms with E-state index in [1.54, 1.807) is 6.26 Å². The Morgan fingerprint density at radius 1 is 0.371 bits per heavy atom. The van der Waals surface area contributed by atoms with Crippen LogP contribution in [0.25, 0.3) is 0 Å². The van der Waals surface area contributed by atoms with Crippen LogP contribution in [0.4, 0.5) is 0 Å². The van der Waals surface area contributed by atoms with Gasteiger partial charge in [0.05, 0.1) is 51.8 Å². The van der Waals surface area contributed by atoms with Gasteiger partial charge >= 0.3 is 0 Å². The van der Waals surface area contributed by atoms with Gasteiger partial charge in [0, 0.05) is 0 Å². The lowest BCUT2D eigenvalue weighted by atomic mass is 10.0. The van der Waals surface area contributed by atoms with Gasteiger partial charge in [0.25, 0.3) is 0 Å². The Bertz CT molecular complexity index is 384. The predicted molar refractivity (Wildman–Crippen MR) is 150 cm³/mol. The SMILES string of the molecule is C=COCCCCCCCCCCCCCCCCCC.C=COCCOCCOCCOC=C. The van der Waals surface area contributed by atoms with Crippen LogP contribution in [0.15, 0.2) is 38.5 Å². The average molecular weight is 499 g/mol. The van der Waals surface area contributed by atoms with E-state index >= 15 is 0 Å². The number of hydrogen-bond acceptors (Lipinski definition) is 5. The van der Waals surface area contributed by atoms with Crippen LogP contribution in [0.2, 0.25) is 0 Å². The Kier molecular flexibility index (Phi) is 37.8. The van der Waals surface area contributed by atoms with Gasteiger partial charge in [0.1, 0.15) is 13.2 Å². The molecule has 0 rings (SSSR count). The first-order chi connectivity index (χ1) is 17.3. The molecule has 0 amide bonds. The maximum Gasteiger partial charge on any atom is 0.111 e. The molecule has 5 nitrogen and oxygen atoms in total. The lowest BCUT2D eigenvalue weighted by Crippen LogP contribution is -2.10. The summed E-state index contributed by atoms with van der Waals surface area (Å²) in [5, 5.41) is 0. The molecule has 0 saturated carbocycles. The van der Waals surface area contributed by atoms with Crippen LogP contribution < -0.4 is 0 Å². The van der Waals surface area contributed by atoms with Gasteiger partial charge in [-0.25, -0.2) is 0 Å². The van der Waals surface area contributed by atoms with E-state index in [2.05, 4.69) is 26.7 Å². The van der Waals surface area contributed by atoms with E-state index < -0.39 is 0 Å². The Labute approximate surface area is 218 Å². The molecule has 0 aromatic heterocycles. The van der Waals surface area contributed by atoms with Crippen LogP contribution in [0, 0.1) is 0 Å². The molecule has 0 unspecified atom stereocenters. The van der Waals surface area contributed by atoms with Gasteiger partial charge in [-0.15, -0.1) is 0 Å². The maximum absolute atomic E-state index is 5.18. The van der Waals surface area contributed by atoms with Crippen molar-refractivity contribution >= 4 is 0 Å². The fraction of sp³-hybridized carbons (Fsp3) is 0.800. The summed E-state index contributed by atoms with van der Waals surface area (Å²) >= 11 is 0. The smallest absolute Gasteiger partial charge is 0.111 e. The highest BCUT2D eigenvalue weighted by Gasteiger charge is 1.94. The number of rotatable bonds is 29. The van der Waals surface area contributed by atoms with Crippen LogP contribution >= 0.6 is 0 Å². The fourth-order valence-corrected chi connectivity index (χ4v) is 3.52. The van der Waals surface area contributed by atoms with Crippen molar-refractivity contribution < 1.29 is 23.7 Å². The largest absolute Gasteiger partial charge is 0.502 e. The highest BCUT2D eigenvalue weighted by Crippen LogP contribution is 2.13. The Morgan fingerprint density at radius 3 is 1.00 bits per heavy atom. The molecule has 35 heavy (non-hydrogen) atoms. The molecule has 5 heteroatoms. The molecule has 0 heterocycles. The van der Waals surface area contributed by atoms with E-state index in [1.165, 1.54) is 115 Å². The highest BCUT2D eigenvalue weighted by atomic mass is 16.6. The van der Waals surface area contributed by atoms with Gasteiger partial charge in [-0.1, -0.05) is 123 Å². The minimum atomic E-state index is 0.531. The maximum atomic E-state index is 5.18. The molecule has 0 N–H and O–H groups in total. The second-order valence-electron chi connectivity index (χ2n) is 8.64. The van der Waals surface area contributed by atoms with Crippen LogP contribution in [-0.4, -0.2) is 46.2 Å². The molecular formula is C30H58O5. The van der Waals surface area contributed by atoms with Gasteiger partial charge in [-0.2, -0.15) is 0 Å². The minimum absolute atomic E-state index is 0.531. The fourth-order valence-electron chi connectivity index (χ4n) is 3.52. The zero-order chi connectivity index (χ0) is 25.9. The molecule has 0 radical (unpaired) electrons. The van der Waals surface area contributed by atoms with E-state index in [9.17, 15) is 0 Å². The summed E-state index contributed by atoms with van der Waals surface area (Å²) < 4.78 is 25.2. The van der Waals surface area contributed by atoms with E-state index in [-0.39, 0.29) is 0 Å². The van der Waals surface area contributed by atoms with E-state index in [0.717, 1.165) is 6.61 Å². The highest BCUT2D eigenvalue weighted by molar-refractivity contribution is 4.52. The van der Waals surface area contributed by atoms with Crippen LogP contribution in [0.1, 0.15) is 110 Å². The first-order valence-corrected chi connectivity index (χ1v) is 14.2. The van der Waals surface area contributed by atoms with Crippen molar-refractivity contribution in [1.82, 2.24) is 0 Å². The van der Waals surface area contributed by atoms with Gasteiger partial charge in [0.15, 0.2) is 0 Å². The third-order valence-corrected chi connectivity index (χ3v) is 5.53. The molecule has 0 saturated heterocycles. The van der Waals surface area contributed by atoms with Crippen LogP contribution in [0.5, 0.6) is 0 Å². The summed E-state index contributed by atoms with van der Waals surface area (Å²) in [5.74, 6) is 0. The standard InChI is InChI=1S/C20H40O.C10H18O4/c1-3-5-6-7-8-9-10-11-12-13-14-15-16-17-18-19-20-21-4-2;1-3-11-5-7-13-9-10-14-8-6-12-4-2/h4H,2-3,5-20H2,1H3;3-4H,1-2,5-10H2. The predicted octanol–water partition coefficient (Wildman–Crippen LogP) is 8.75. The third kappa shape index (κ3) is 40.0. The van der Waals surface area contributed by atoms with Gasteiger partial charge < -0.3 is 23.7 Å². The molecule has 0 atom stereocenters. The van der Waals surface area contributed by atoms with E-state index in [4.69, 9.17) is 23.7 Å². The molecule has 0 spiro atoms. The molecule has 0 aliphatic carbocycles. The van der Waals surface area contributed by atoms with E-state index in [0.29, 0.717) is 39.6 Å². The molecular weight excluding hydrogens is 440 g/mol. The molecule has 0 aromatic rings. The summed E-state index contributed by atoms with van der Waals surface area (Å²) in [5.41, 5.74) is 0. The van der Waals surface area contributed by atoms with Crippen molar-refractivity contribution in [2.24, 2.45) is 0 Å². The average Bonchev–Trinajstić information content (AvgIpc) is 2.87. The second kappa shape index (κ2) is 37.1. The quantitative estimate of drug-likeness (QED) is 0.0762. The van der Waals surface area contributed by atoms with Crippen molar-refractivity contribution in [2.45, 2.75) is 110 Å². The lowest BCUT2D eigenvalue weighted by Gasteiger charge is -2.05. The molecule has 0 aliphatic heterocycles. The minimum Gasteiger partial charge on any atom is -0.502 e. The van der Waals surface area contributed by atoms with Crippen molar-refractivity contribution in [2.75, 3.05) is 46.2 Å². The Morgan fingerprint density at radius 2 is 0.657 bits per heavy atom. The topological polar surface area (TPSA) is 46.2 Å². The van der Waals surface area contributed by atoms with Crippen LogP contribution in [0.3, 0.4) is 0 Å². The summed E-state index contributed by atoms with van der Waals surface area (Å²) in [6.45, 7) is 16.8. The monoisotopic (exact) mass is 498 g/mol. The molecule has 0 bridgehead atoms. The summed E-state index contributed by atoms with van der Waals surface area (Å²) in [6.07, 6.45) is 27.0. The van der Waals surface area contributed by atoms with Crippen molar-refractivity contribution in [3.05, 3.63) is 38.5 Å². The van der Waals surface area contributed by atoms with Crippen molar-refractivity contribution in [1.29, 1.82) is 0 Å². The zero-order valence-electron chi connectivity index (χ0n) is 23.2. The van der Waals surface area contributed by atoms with Crippen LogP contribution in [-0.2, 0) is 23.7 Å². The second-order valence-corrected chi connectivity index (χ2v) is 8.64. The normalized spacial score (nSPS) is 10.2. The molecule has 208 valence electrons. The zero-order valence-corrected chi connectivity index (χ0v) is 23.2. The van der Waals surface area contributed by atoms with Gasteiger partial charge in [-0.3, -0.25) is 0 Å². The first kappa shape index (κ1) is 35.7. The first-order valence-electron chi connectivity index (χ1n) is 14.2.